The fraction of sp³-hybridized carbons (Fsp3) is 0.667. The number of amides is 2. The van der Waals surface area contributed by atoms with E-state index in [1.54, 1.807) is 17.0 Å². The molecular formula is C21H33N3O3. The summed E-state index contributed by atoms with van der Waals surface area (Å²) in [6.07, 6.45) is 7.04. The predicted octanol–water partition coefficient (Wildman–Crippen LogP) is 3.36. The highest BCUT2D eigenvalue weighted by Gasteiger charge is 2.30. The zero-order valence-electron chi connectivity index (χ0n) is 17.5. The summed E-state index contributed by atoms with van der Waals surface area (Å²) in [4.78, 5) is 40.7. The van der Waals surface area contributed by atoms with Gasteiger partial charge in [-0.15, -0.1) is 0 Å². The zero-order valence-corrected chi connectivity index (χ0v) is 17.5. The maximum absolute atomic E-state index is 13.2. The van der Waals surface area contributed by atoms with Gasteiger partial charge in [-0.2, -0.15) is 0 Å². The second-order valence-corrected chi connectivity index (χ2v) is 8.72. The molecule has 1 aromatic heterocycles. The van der Waals surface area contributed by atoms with Crippen molar-refractivity contribution in [2.45, 2.75) is 84.8 Å². The Morgan fingerprint density at radius 1 is 1.19 bits per heavy atom. The second-order valence-electron chi connectivity index (χ2n) is 8.72. The van der Waals surface area contributed by atoms with Crippen LogP contribution in [-0.4, -0.2) is 39.4 Å². The first kappa shape index (κ1) is 21.2. The molecule has 1 atom stereocenters. The molecule has 2 amide bonds. The molecule has 150 valence electrons. The molecule has 2 rings (SSSR count). The highest BCUT2D eigenvalue weighted by Crippen LogP contribution is 2.21. The first-order valence-corrected chi connectivity index (χ1v) is 9.94. The predicted molar refractivity (Wildman–Crippen MR) is 107 cm³/mol. The van der Waals surface area contributed by atoms with E-state index in [1.807, 2.05) is 39.5 Å². The van der Waals surface area contributed by atoms with Gasteiger partial charge in [0.05, 0.1) is 0 Å². The molecule has 6 heteroatoms. The monoisotopic (exact) mass is 375 g/mol. The molecule has 2 heterocycles. The first-order valence-electron chi connectivity index (χ1n) is 9.94. The Morgan fingerprint density at radius 3 is 2.37 bits per heavy atom. The number of rotatable bonds is 4. The smallest absolute Gasteiger partial charge is 0.259 e. The molecule has 1 aliphatic heterocycles. The molecule has 1 aliphatic rings. The molecular weight excluding hydrogens is 342 g/mol. The van der Waals surface area contributed by atoms with Gasteiger partial charge in [0.25, 0.3) is 11.8 Å². The van der Waals surface area contributed by atoms with E-state index in [2.05, 4.69) is 12.2 Å². The van der Waals surface area contributed by atoms with Crippen LogP contribution in [0.15, 0.2) is 17.2 Å². The van der Waals surface area contributed by atoms with E-state index in [1.165, 1.54) is 0 Å². The van der Waals surface area contributed by atoms with Gasteiger partial charge in [0.2, 0.25) is 5.43 Å². The SMILES string of the molecule is CC[C@@H]1CCCCN1C(=O)c1cn(C(C)C)cc(C(=O)NC(C)(C)C)c1=O. The number of carbonyl (C=O) groups is 2. The second kappa shape index (κ2) is 8.28. The Morgan fingerprint density at radius 2 is 1.81 bits per heavy atom. The van der Waals surface area contributed by atoms with E-state index in [0.29, 0.717) is 6.54 Å². The summed E-state index contributed by atoms with van der Waals surface area (Å²) >= 11 is 0. The van der Waals surface area contributed by atoms with Crippen LogP contribution in [0.3, 0.4) is 0 Å². The normalized spacial score (nSPS) is 17.9. The van der Waals surface area contributed by atoms with Gasteiger partial charge in [-0.1, -0.05) is 6.92 Å². The number of hydrogen-bond donors (Lipinski definition) is 1. The lowest BCUT2D eigenvalue weighted by Gasteiger charge is -2.35. The number of aromatic nitrogens is 1. The van der Waals surface area contributed by atoms with Crippen LogP contribution in [0, 0.1) is 0 Å². The average molecular weight is 376 g/mol. The molecule has 27 heavy (non-hydrogen) atoms. The third-order valence-electron chi connectivity index (χ3n) is 4.96. The largest absolute Gasteiger partial charge is 0.350 e. The number of nitrogens with one attached hydrogen (secondary N) is 1. The Labute approximate surface area is 161 Å². The van der Waals surface area contributed by atoms with Crippen molar-refractivity contribution in [3.8, 4) is 0 Å². The van der Waals surface area contributed by atoms with Crippen molar-refractivity contribution in [1.29, 1.82) is 0 Å². The topological polar surface area (TPSA) is 71.4 Å². The zero-order chi connectivity index (χ0) is 20.4. The Bertz CT molecular complexity index is 759. The van der Waals surface area contributed by atoms with Crippen LogP contribution in [-0.2, 0) is 0 Å². The molecule has 0 unspecified atom stereocenters. The van der Waals surface area contributed by atoms with E-state index in [9.17, 15) is 14.4 Å². The summed E-state index contributed by atoms with van der Waals surface area (Å²) in [6.45, 7) is 12.2. The maximum Gasteiger partial charge on any atom is 0.259 e. The van der Waals surface area contributed by atoms with Crippen molar-refractivity contribution in [2.75, 3.05) is 6.54 Å². The van der Waals surface area contributed by atoms with E-state index in [0.717, 1.165) is 25.7 Å². The van der Waals surface area contributed by atoms with Crippen LogP contribution in [0.1, 0.15) is 94.0 Å². The lowest BCUT2D eigenvalue weighted by molar-refractivity contribution is 0.0605. The van der Waals surface area contributed by atoms with Crippen molar-refractivity contribution in [3.05, 3.63) is 33.7 Å². The van der Waals surface area contributed by atoms with E-state index >= 15 is 0 Å². The molecule has 1 fully saturated rings. The van der Waals surface area contributed by atoms with Crippen LogP contribution < -0.4 is 10.7 Å². The molecule has 0 aromatic carbocycles. The van der Waals surface area contributed by atoms with Crippen molar-refractivity contribution in [3.63, 3.8) is 0 Å². The van der Waals surface area contributed by atoms with Crippen molar-refractivity contribution >= 4 is 11.8 Å². The molecule has 0 bridgehead atoms. The number of hydrogen-bond acceptors (Lipinski definition) is 3. The minimum atomic E-state index is -0.487. The summed E-state index contributed by atoms with van der Waals surface area (Å²) in [5, 5.41) is 2.83. The average Bonchev–Trinajstić information content (AvgIpc) is 2.59. The summed E-state index contributed by atoms with van der Waals surface area (Å²) in [5.74, 6) is -0.700. The van der Waals surface area contributed by atoms with Gasteiger partial charge in [-0.3, -0.25) is 14.4 Å². The quantitative estimate of drug-likeness (QED) is 0.877. The fourth-order valence-corrected chi connectivity index (χ4v) is 3.47. The molecule has 1 saturated heterocycles. The number of pyridine rings is 1. The van der Waals surface area contributed by atoms with Crippen molar-refractivity contribution in [2.24, 2.45) is 0 Å². The molecule has 0 aliphatic carbocycles. The van der Waals surface area contributed by atoms with Crippen LogP contribution >= 0.6 is 0 Å². The van der Waals surface area contributed by atoms with E-state index in [-0.39, 0.29) is 29.1 Å². The van der Waals surface area contributed by atoms with Crippen molar-refractivity contribution in [1.82, 2.24) is 14.8 Å². The third-order valence-corrected chi connectivity index (χ3v) is 4.96. The highest BCUT2D eigenvalue weighted by atomic mass is 16.2. The molecule has 6 nitrogen and oxygen atoms in total. The van der Waals surface area contributed by atoms with Crippen LogP contribution in [0.25, 0.3) is 0 Å². The molecule has 1 N–H and O–H groups in total. The van der Waals surface area contributed by atoms with Gasteiger partial charge in [0.15, 0.2) is 0 Å². The van der Waals surface area contributed by atoms with Crippen LogP contribution in [0.2, 0.25) is 0 Å². The maximum atomic E-state index is 13.2. The molecule has 1 aromatic rings. The summed E-state index contributed by atoms with van der Waals surface area (Å²) in [5.41, 5.74) is -0.842. The Hall–Kier alpha value is -2.11. The fourth-order valence-electron chi connectivity index (χ4n) is 3.47. The molecule has 0 spiro atoms. The minimum Gasteiger partial charge on any atom is -0.350 e. The molecule has 0 saturated carbocycles. The Kier molecular flexibility index (Phi) is 6.50. The van der Waals surface area contributed by atoms with Gasteiger partial charge in [0.1, 0.15) is 11.1 Å². The van der Waals surface area contributed by atoms with Gasteiger partial charge in [-0.25, -0.2) is 0 Å². The lowest BCUT2D eigenvalue weighted by atomic mass is 9.98. The van der Waals surface area contributed by atoms with Crippen molar-refractivity contribution < 1.29 is 9.59 Å². The van der Waals surface area contributed by atoms with Crippen LogP contribution in [0.4, 0.5) is 0 Å². The van der Waals surface area contributed by atoms with Gasteiger partial charge in [-0.05, 0) is 60.3 Å². The van der Waals surface area contributed by atoms with Gasteiger partial charge in [0, 0.05) is 36.6 Å². The van der Waals surface area contributed by atoms with Gasteiger partial charge >= 0.3 is 0 Å². The number of likely N-dealkylation sites (tertiary alicyclic amines) is 1. The standard InChI is InChI=1S/C21H33N3O3/c1-7-15-10-8-9-11-24(15)20(27)17-13-23(14(2)3)12-16(18(17)25)19(26)22-21(4,5)6/h12-15H,7-11H2,1-6H3,(H,22,26)/t15-/m1/s1. The van der Waals surface area contributed by atoms with E-state index < -0.39 is 16.9 Å². The van der Waals surface area contributed by atoms with E-state index in [4.69, 9.17) is 0 Å². The highest BCUT2D eigenvalue weighted by molar-refractivity contribution is 5.99. The summed E-state index contributed by atoms with van der Waals surface area (Å²) in [7, 11) is 0. The molecule has 0 radical (unpaired) electrons. The third kappa shape index (κ3) is 4.99. The number of nitrogens with zero attached hydrogens (tertiary/aromatic N) is 2. The lowest BCUT2D eigenvalue weighted by Crippen LogP contribution is -2.46. The number of piperidine rings is 1. The summed E-state index contributed by atoms with van der Waals surface area (Å²) in [6, 6.07) is 0.187. The summed E-state index contributed by atoms with van der Waals surface area (Å²) < 4.78 is 1.77. The number of carbonyl (C=O) groups excluding carboxylic acids is 2. The van der Waals surface area contributed by atoms with Gasteiger partial charge < -0.3 is 14.8 Å². The van der Waals surface area contributed by atoms with Crippen LogP contribution in [0.5, 0.6) is 0 Å². The minimum absolute atomic E-state index is 0.0227. The Balaban J connectivity index is 2.50. The first-order chi connectivity index (χ1) is 12.5.